The van der Waals surface area contributed by atoms with Crippen molar-refractivity contribution >= 4 is 17.8 Å². The molecule has 1 aliphatic rings. The maximum atomic E-state index is 12.7. The van der Waals surface area contributed by atoms with Crippen molar-refractivity contribution in [2.75, 3.05) is 19.7 Å². The van der Waals surface area contributed by atoms with Gasteiger partial charge in [-0.05, 0) is 6.92 Å². The van der Waals surface area contributed by atoms with E-state index in [2.05, 4.69) is 0 Å². The second-order valence-corrected chi connectivity index (χ2v) is 6.71. The highest BCUT2D eigenvalue weighted by Crippen LogP contribution is 2.20. The van der Waals surface area contributed by atoms with E-state index in [1.54, 1.807) is 6.92 Å². The molecular weight excluding hydrogens is 368 g/mol. The third-order valence-electron chi connectivity index (χ3n) is 4.66. The summed E-state index contributed by atoms with van der Waals surface area (Å²) in [6.45, 7) is 2.63. The smallest absolute Gasteiger partial charge is 0.407 e. The predicted molar refractivity (Wildman–Crippen MR) is 111 cm³/mol. The number of benzene rings is 2. The SMILES string of the molecule is CCOC(=O)C(CC1=CCN(C(=O)O)C1)N=C(c1ccccc1)c1ccccc1. The van der Waals surface area contributed by atoms with Crippen molar-refractivity contribution in [3.05, 3.63) is 83.4 Å². The summed E-state index contributed by atoms with van der Waals surface area (Å²) in [5.41, 5.74) is 3.38. The van der Waals surface area contributed by atoms with Crippen LogP contribution in [0.3, 0.4) is 0 Å². The number of nitrogens with zero attached hydrogens (tertiary/aromatic N) is 2. The van der Waals surface area contributed by atoms with E-state index >= 15 is 0 Å². The van der Waals surface area contributed by atoms with Crippen LogP contribution < -0.4 is 0 Å². The summed E-state index contributed by atoms with van der Waals surface area (Å²) in [5.74, 6) is -0.411. The molecule has 0 bridgehead atoms. The van der Waals surface area contributed by atoms with Gasteiger partial charge in [-0.15, -0.1) is 0 Å². The highest BCUT2D eigenvalue weighted by Gasteiger charge is 2.26. The fourth-order valence-electron chi connectivity index (χ4n) is 3.24. The molecule has 2 aromatic rings. The number of rotatable bonds is 7. The second kappa shape index (κ2) is 9.68. The van der Waals surface area contributed by atoms with Gasteiger partial charge in [0.15, 0.2) is 6.04 Å². The molecule has 1 amide bonds. The minimum atomic E-state index is -0.971. The van der Waals surface area contributed by atoms with Gasteiger partial charge in [-0.25, -0.2) is 9.59 Å². The molecule has 150 valence electrons. The Hall–Kier alpha value is -3.41. The first-order valence-corrected chi connectivity index (χ1v) is 9.59. The topological polar surface area (TPSA) is 79.2 Å². The standard InChI is InChI=1S/C23H24N2O4/c1-2-29-22(26)20(15-17-13-14-25(16-17)23(27)28)24-21(18-9-5-3-6-10-18)19-11-7-4-8-12-19/h3-13,20H,2,14-16H2,1H3,(H,27,28). The third kappa shape index (κ3) is 5.31. The number of aliphatic imine (C=N–C) groups is 1. The fourth-order valence-corrected chi connectivity index (χ4v) is 3.24. The fraction of sp³-hybridized carbons (Fsp3) is 0.261. The second-order valence-electron chi connectivity index (χ2n) is 6.71. The Morgan fingerprint density at radius 2 is 1.66 bits per heavy atom. The monoisotopic (exact) mass is 392 g/mol. The van der Waals surface area contributed by atoms with Crippen molar-refractivity contribution in [1.29, 1.82) is 0 Å². The molecule has 0 radical (unpaired) electrons. The van der Waals surface area contributed by atoms with E-state index in [1.165, 1.54) is 4.90 Å². The zero-order valence-corrected chi connectivity index (χ0v) is 16.3. The van der Waals surface area contributed by atoms with Crippen LogP contribution in [0, 0.1) is 0 Å². The van der Waals surface area contributed by atoms with Crippen LogP contribution in [0.25, 0.3) is 0 Å². The van der Waals surface area contributed by atoms with Crippen LogP contribution in [0.2, 0.25) is 0 Å². The van der Waals surface area contributed by atoms with E-state index in [9.17, 15) is 14.7 Å². The minimum Gasteiger partial charge on any atom is -0.465 e. The van der Waals surface area contributed by atoms with Gasteiger partial charge in [-0.1, -0.05) is 72.3 Å². The number of carbonyl (C=O) groups is 2. The molecule has 1 aliphatic heterocycles. The number of carbonyl (C=O) groups excluding carboxylic acids is 1. The van der Waals surface area contributed by atoms with Crippen LogP contribution in [0.4, 0.5) is 4.79 Å². The van der Waals surface area contributed by atoms with E-state index in [-0.39, 0.29) is 13.2 Å². The lowest BCUT2D eigenvalue weighted by atomic mass is 10.0. The molecule has 1 N–H and O–H groups in total. The number of ether oxygens (including phenoxy) is 1. The van der Waals surface area contributed by atoms with Gasteiger partial charge < -0.3 is 14.7 Å². The lowest BCUT2D eigenvalue weighted by Crippen LogP contribution is -2.29. The first-order valence-electron chi connectivity index (χ1n) is 9.59. The lowest BCUT2D eigenvalue weighted by Gasteiger charge is -2.17. The molecule has 0 saturated carbocycles. The number of carboxylic acid groups (broad SMARTS) is 1. The summed E-state index contributed by atoms with van der Waals surface area (Å²) in [6, 6.07) is 18.6. The molecule has 3 rings (SSSR count). The molecule has 29 heavy (non-hydrogen) atoms. The largest absolute Gasteiger partial charge is 0.465 e. The molecule has 0 aliphatic carbocycles. The summed E-state index contributed by atoms with van der Waals surface area (Å²) in [6.07, 6.45) is 1.20. The Morgan fingerprint density at radius 3 is 2.14 bits per heavy atom. The number of hydrogen-bond acceptors (Lipinski definition) is 4. The van der Waals surface area contributed by atoms with E-state index in [1.807, 2.05) is 66.7 Å². The van der Waals surface area contributed by atoms with Gasteiger partial charge in [0.1, 0.15) is 0 Å². The van der Waals surface area contributed by atoms with Gasteiger partial charge in [0.25, 0.3) is 0 Å². The van der Waals surface area contributed by atoms with Crippen LogP contribution >= 0.6 is 0 Å². The average Bonchev–Trinajstić information content (AvgIpc) is 3.21. The van der Waals surface area contributed by atoms with Crippen LogP contribution in [0.5, 0.6) is 0 Å². The number of esters is 1. The first-order chi connectivity index (χ1) is 14.1. The Labute approximate surface area is 170 Å². The van der Waals surface area contributed by atoms with Crippen LogP contribution in [0.1, 0.15) is 24.5 Å². The normalized spacial score (nSPS) is 14.1. The maximum Gasteiger partial charge on any atom is 0.407 e. The van der Waals surface area contributed by atoms with E-state index in [0.29, 0.717) is 18.7 Å². The summed E-state index contributed by atoms with van der Waals surface area (Å²) in [7, 11) is 0. The molecule has 0 spiro atoms. The first kappa shape index (κ1) is 20.3. The van der Waals surface area contributed by atoms with Crippen molar-refractivity contribution in [3.63, 3.8) is 0 Å². The van der Waals surface area contributed by atoms with Crippen LogP contribution in [-0.4, -0.2) is 53.5 Å². The Balaban J connectivity index is 1.95. The van der Waals surface area contributed by atoms with Crippen molar-refractivity contribution in [2.24, 2.45) is 4.99 Å². The molecule has 1 heterocycles. The quantitative estimate of drug-likeness (QED) is 0.442. The summed E-state index contributed by atoms with van der Waals surface area (Å²) in [5, 5.41) is 9.17. The van der Waals surface area contributed by atoms with Gasteiger partial charge in [-0.2, -0.15) is 0 Å². The molecule has 0 aromatic heterocycles. The van der Waals surface area contributed by atoms with E-state index in [4.69, 9.17) is 9.73 Å². The van der Waals surface area contributed by atoms with Gasteiger partial charge in [0.05, 0.1) is 12.3 Å². The average molecular weight is 392 g/mol. The molecule has 2 aromatic carbocycles. The molecule has 1 unspecified atom stereocenters. The predicted octanol–water partition coefficient (Wildman–Crippen LogP) is 3.77. The van der Waals surface area contributed by atoms with Crippen LogP contribution in [0.15, 0.2) is 77.3 Å². The minimum absolute atomic E-state index is 0.261. The third-order valence-corrected chi connectivity index (χ3v) is 4.66. The number of amides is 1. The van der Waals surface area contributed by atoms with Crippen molar-refractivity contribution in [1.82, 2.24) is 4.90 Å². The molecule has 6 heteroatoms. The molecule has 0 fully saturated rings. The summed E-state index contributed by atoms with van der Waals surface area (Å²) >= 11 is 0. The van der Waals surface area contributed by atoms with Gasteiger partial charge in [0, 0.05) is 30.6 Å². The van der Waals surface area contributed by atoms with Crippen molar-refractivity contribution in [2.45, 2.75) is 19.4 Å². The maximum absolute atomic E-state index is 12.7. The highest BCUT2D eigenvalue weighted by atomic mass is 16.5. The van der Waals surface area contributed by atoms with Crippen molar-refractivity contribution in [3.8, 4) is 0 Å². The molecular formula is C23H24N2O4. The van der Waals surface area contributed by atoms with E-state index < -0.39 is 18.1 Å². The van der Waals surface area contributed by atoms with Crippen molar-refractivity contribution < 1.29 is 19.4 Å². The van der Waals surface area contributed by atoms with Gasteiger partial charge >= 0.3 is 12.1 Å². The lowest BCUT2D eigenvalue weighted by molar-refractivity contribution is -0.144. The molecule has 1 atom stereocenters. The Morgan fingerprint density at radius 1 is 1.07 bits per heavy atom. The highest BCUT2D eigenvalue weighted by molar-refractivity contribution is 6.13. The molecule has 0 saturated heterocycles. The summed E-state index contributed by atoms with van der Waals surface area (Å²) < 4.78 is 5.26. The number of hydrogen-bond donors (Lipinski definition) is 1. The van der Waals surface area contributed by atoms with Gasteiger partial charge in [-0.3, -0.25) is 4.99 Å². The Bertz CT molecular complexity index is 865. The Kier molecular flexibility index (Phi) is 6.79. The molecule has 6 nitrogen and oxygen atoms in total. The van der Waals surface area contributed by atoms with Gasteiger partial charge in [0.2, 0.25) is 0 Å². The summed E-state index contributed by atoms with van der Waals surface area (Å²) in [4.78, 5) is 30.0. The van der Waals surface area contributed by atoms with E-state index in [0.717, 1.165) is 16.7 Å². The zero-order valence-electron chi connectivity index (χ0n) is 16.3. The zero-order chi connectivity index (χ0) is 20.6. The van der Waals surface area contributed by atoms with Crippen LogP contribution in [-0.2, 0) is 9.53 Å².